The van der Waals surface area contributed by atoms with Crippen molar-refractivity contribution in [2.24, 2.45) is 0 Å². The molecule has 7 nitrogen and oxygen atoms in total. The van der Waals surface area contributed by atoms with Crippen molar-refractivity contribution < 1.29 is 4.79 Å². The lowest BCUT2D eigenvalue weighted by atomic mass is 9.97. The number of aromatic amines is 1. The zero-order valence-electron chi connectivity index (χ0n) is 15.6. The minimum atomic E-state index is -0.234. The van der Waals surface area contributed by atoms with Crippen molar-refractivity contribution in [3.63, 3.8) is 0 Å². The highest BCUT2D eigenvalue weighted by Crippen LogP contribution is 2.29. The Labute approximate surface area is 163 Å². The molecule has 1 aliphatic rings. The fourth-order valence-corrected chi connectivity index (χ4v) is 3.65. The minimum absolute atomic E-state index is 0.0628. The van der Waals surface area contributed by atoms with Gasteiger partial charge in [0.05, 0.1) is 28.7 Å². The number of imidazole rings is 1. The molecule has 28 heavy (non-hydrogen) atoms. The highest BCUT2D eigenvalue weighted by atomic mass is 16.2. The van der Waals surface area contributed by atoms with Crippen molar-refractivity contribution in [3.8, 4) is 6.07 Å². The third-order valence-corrected chi connectivity index (χ3v) is 5.20. The Bertz CT molecular complexity index is 986. The summed E-state index contributed by atoms with van der Waals surface area (Å²) in [7, 11) is 2.09. The fourth-order valence-electron chi connectivity index (χ4n) is 3.65. The first-order valence-electron chi connectivity index (χ1n) is 9.35. The molecule has 2 aromatic carbocycles. The topological polar surface area (TPSA) is 96.8 Å². The van der Waals surface area contributed by atoms with E-state index >= 15 is 0 Å². The zero-order valence-corrected chi connectivity index (χ0v) is 15.6. The molecule has 0 spiro atoms. The van der Waals surface area contributed by atoms with Gasteiger partial charge in [0.2, 0.25) is 0 Å². The van der Waals surface area contributed by atoms with Gasteiger partial charge in [0.1, 0.15) is 5.82 Å². The summed E-state index contributed by atoms with van der Waals surface area (Å²) in [5.41, 5.74) is 3.22. The van der Waals surface area contributed by atoms with Crippen LogP contribution in [0.4, 0.5) is 10.5 Å². The fraction of sp³-hybridized carbons (Fsp3) is 0.286. The molecule has 7 heteroatoms. The van der Waals surface area contributed by atoms with E-state index in [-0.39, 0.29) is 18.1 Å². The van der Waals surface area contributed by atoms with Crippen molar-refractivity contribution >= 4 is 22.8 Å². The summed E-state index contributed by atoms with van der Waals surface area (Å²) in [5.74, 6) is 0.933. The predicted octanol–water partition coefficient (Wildman–Crippen LogP) is 3.39. The van der Waals surface area contributed by atoms with Crippen LogP contribution >= 0.6 is 0 Å². The average Bonchev–Trinajstić information content (AvgIpc) is 3.14. The van der Waals surface area contributed by atoms with Gasteiger partial charge in [-0.25, -0.2) is 9.78 Å². The SMILES string of the molecule is CN1CC[C@@H](NC(=O)Nc2ccc(C#N)cc2)CC1c1nc2ccccc2[nH]1. The van der Waals surface area contributed by atoms with Crippen molar-refractivity contribution in [1.82, 2.24) is 20.2 Å². The molecule has 1 saturated heterocycles. The minimum Gasteiger partial charge on any atom is -0.341 e. The van der Waals surface area contributed by atoms with Crippen LogP contribution in [0.1, 0.15) is 30.3 Å². The number of fused-ring (bicyclic) bond motifs is 1. The van der Waals surface area contributed by atoms with Crippen molar-refractivity contribution in [1.29, 1.82) is 5.26 Å². The van der Waals surface area contributed by atoms with Gasteiger partial charge in [-0.2, -0.15) is 5.26 Å². The van der Waals surface area contributed by atoms with E-state index in [0.29, 0.717) is 11.3 Å². The molecule has 1 unspecified atom stereocenters. The number of para-hydroxylation sites is 2. The van der Waals surface area contributed by atoms with Crippen LogP contribution in [-0.2, 0) is 0 Å². The number of urea groups is 1. The van der Waals surface area contributed by atoms with E-state index in [1.54, 1.807) is 24.3 Å². The lowest BCUT2D eigenvalue weighted by molar-refractivity contribution is 0.153. The van der Waals surface area contributed by atoms with E-state index in [0.717, 1.165) is 36.2 Å². The molecule has 0 saturated carbocycles. The number of hydrogen-bond donors (Lipinski definition) is 3. The van der Waals surface area contributed by atoms with Crippen LogP contribution < -0.4 is 10.6 Å². The second-order valence-electron chi connectivity index (χ2n) is 7.14. The Morgan fingerprint density at radius 2 is 2.04 bits per heavy atom. The first-order valence-corrected chi connectivity index (χ1v) is 9.35. The van der Waals surface area contributed by atoms with Gasteiger partial charge in [-0.3, -0.25) is 4.90 Å². The molecule has 4 rings (SSSR count). The smallest absolute Gasteiger partial charge is 0.319 e. The van der Waals surface area contributed by atoms with Crippen molar-refractivity contribution in [2.75, 3.05) is 18.9 Å². The van der Waals surface area contributed by atoms with Crippen LogP contribution in [0, 0.1) is 11.3 Å². The first-order chi connectivity index (χ1) is 13.6. The quantitative estimate of drug-likeness (QED) is 0.655. The second kappa shape index (κ2) is 7.71. The van der Waals surface area contributed by atoms with Crippen LogP contribution in [0.2, 0.25) is 0 Å². The summed E-state index contributed by atoms with van der Waals surface area (Å²) in [6.45, 7) is 0.878. The molecule has 2 atom stereocenters. The Balaban J connectivity index is 1.41. The summed E-state index contributed by atoms with van der Waals surface area (Å²) < 4.78 is 0. The van der Waals surface area contributed by atoms with E-state index in [4.69, 9.17) is 10.2 Å². The largest absolute Gasteiger partial charge is 0.341 e. The van der Waals surface area contributed by atoms with Gasteiger partial charge in [0.15, 0.2) is 0 Å². The molecule has 0 bridgehead atoms. The van der Waals surface area contributed by atoms with E-state index < -0.39 is 0 Å². The highest BCUT2D eigenvalue weighted by Gasteiger charge is 2.30. The van der Waals surface area contributed by atoms with Gasteiger partial charge in [-0.1, -0.05) is 12.1 Å². The van der Waals surface area contributed by atoms with Gasteiger partial charge in [0.25, 0.3) is 0 Å². The molecule has 1 aromatic heterocycles. The summed E-state index contributed by atoms with van der Waals surface area (Å²) in [4.78, 5) is 22.8. The number of anilines is 1. The molecule has 3 N–H and O–H groups in total. The summed E-state index contributed by atoms with van der Waals surface area (Å²) in [5, 5.41) is 14.7. The monoisotopic (exact) mass is 374 g/mol. The molecule has 1 aliphatic heterocycles. The maximum absolute atomic E-state index is 12.4. The molecule has 1 fully saturated rings. The Hall–Kier alpha value is -3.37. The third kappa shape index (κ3) is 3.82. The number of likely N-dealkylation sites (tertiary alicyclic amines) is 1. The number of nitriles is 1. The molecule has 0 radical (unpaired) electrons. The first kappa shape index (κ1) is 18.0. The molecular weight excluding hydrogens is 352 g/mol. The average molecular weight is 374 g/mol. The number of nitrogens with one attached hydrogen (secondary N) is 3. The number of hydrogen-bond acceptors (Lipinski definition) is 4. The maximum atomic E-state index is 12.4. The van der Waals surface area contributed by atoms with Crippen LogP contribution in [-0.4, -0.2) is 40.5 Å². The highest BCUT2D eigenvalue weighted by molar-refractivity contribution is 5.89. The van der Waals surface area contributed by atoms with E-state index in [1.165, 1.54) is 0 Å². The number of nitrogens with zero attached hydrogens (tertiary/aromatic N) is 3. The van der Waals surface area contributed by atoms with Crippen molar-refractivity contribution in [2.45, 2.75) is 24.9 Å². The molecular formula is C21H22N6O. The number of benzene rings is 2. The van der Waals surface area contributed by atoms with E-state index in [2.05, 4.69) is 33.6 Å². The molecule has 3 aromatic rings. The van der Waals surface area contributed by atoms with Crippen LogP contribution in [0.25, 0.3) is 11.0 Å². The summed E-state index contributed by atoms with van der Waals surface area (Å²) >= 11 is 0. The summed E-state index contributed by atoms with van der Waals surface area (Å²) in [6.07, 6.45) is 1.67. The number of aromatic nitrogens is 2. The van der Waals surface area contributed by atoms with Gasteiger partial charge < -0.3 is 15.6 Å². The number of amides is 2. The number of piperidine rings is 1. The summed E-state index contributed by atoms with van der Waals surface area (Å²) in [6, 6.07) is 16.8. The van der Waals surface area contributed by atoms with Crippen LogP contribution in [0.15, 0.2) is 48.5 Å². The predicted molar refractivity (Wildman–Crippen MR) is 108 cm³/mol. The van der Waals surface area contributed by atoms with Crippen LogP contribution in [0.5, 0.6) is 0 Å². The number of carbonyl (C=O) groups is 1. The molecule has 142 valence electrons. The lowest BCUT2D eigenvalue weighted by Crippen LogP contribution is -2.46. The van der Waals surface area contributed by atoms with E-state index in [1.807, 2.05) is 24.3 Å². The Morgan fingerprint density at radius 1 is 1.25 bits per heavy atom. The molecule has 0 aliphatic carbocycles. The van der Waals surface area contributed by atoms with Gasteiger partial charge in [0, 0.05) is 18.3 Å². The number of H-pyrrole nitrogens is 1. The normalized spacial score (nSPS) is 19.9. The second-order valence-corrected chi connectivity index (χ2v) is 7.14. The Kier molecular flexibility index (Phi) is 4.96. The Morgan fingerprint density at radius 3 is 2.79 bits per heavy atom. The van der Waals surface area contributed by atoms with E-state index in [9.17, 15) is 4.79 Å². The molecule has 2 heterocycles. The zero-order chi connectivity index (χ0) is 19.5. The third-order valence-electron chi connectivity index (χ3n) is 5.20. The standard InChI is InChI=1S/C21H22N6O/c1-27-11-10-16(24-21(28)23-15-8-6-14(13-22)7-9-15)12-19(27)20-25-17-4-2-3-5-18(17)26-20/h2-9,16,19H,10-12H2,1H3,(H,25,26)(H2,23,24,28)/t16-,19?/m1/s1. The van der Waals surface area contributed by atoms with Gasteiger partial charge in [-0.05, 0) is 56.3 Å². The maximum Gasteiger partial charge on any atom is 0.319 e. The number of carbonyl (C=O) groups excluding carboxylic acids is 1. The van der Waals surface area contributed by atoms with Gasteiger partial charge >= 0.3 is 6.03 Å². The van der Waals surface area contributed by atoms with Crippen molar-refractivity contribution in [3.05, 3.63) is 59.9 Å². The number of rotatable bonds is 3. The molecule has 2 amide bonds. The van der Waals surface area contributed by atoms with Crippen LogP contribution in [0.3, 0.4) is 0 Å². The van der Waals surface area contributed by atoms with Gasteiger partial charge in [-0.15, -0.1) is 0 Å². The lowest BCUT2D eigenvalue weighted by Gasteiger charge is -2.36.